The first kappa shape index (κ1) is 9.38. The van der Waals surface area contributed by atoms with Crippen LogP contribution in [0.15, 0.2) is 23.3 Å². The summed E-state index contributed by atoms with van der Waals surface area (Å²) in [4.78, 5) is 22.7. The monoisotopic (exact) mass is 190 g/mol. The van der Waals surface area contributed by atoms with E-state index < -0.39 is 0 Å². The van der Waals surface area contributed by atoms with Crippen LogP contribution in [0.1, 0.15) is 32.6 Å². The third kappa shape index (κ3) is 1.57. The van der Waals surface area contributed by atoms with Gasteiger partial charge >= 0.3 is 0 Å². The number of fused-ring (bicyclic) bond motifs is 1. The van der Waals surface area contributed by atoms with Crippen molar-refractivity contribution in [2.75, 3.05) is 0 Å². The van der Waals surface area contributed by atoms with Crippen LogP contribution in [0, 0.1) is 5.92 Å². The van der Waals surface area contributed by atoms with Crippen molar-refractivity contribution in [1.29, 1.82) is 0 Å². The number of carbonyl (C=O) groups excluding carboxylic acids is 2. The smallest absolute Gasteiger partial charge is 0.159 e. The van der Waals surface area contributed by atoms with Gasteiger partial charge in [0.1, 0.15) is 0 Å². The van der Waals surface area contributed by atoms with E-state index in [0.29, 0.717) is 12.3 Å². The van der Waals surface area contributed by atoms with E-state index in [0.717, 1.165) is 30.4 Å². The average Bonchev–Trinajstić information content (AvgIpc) is 2.17. The minimum absolute atomic E-state index is 0.137. The van der Waals surface area contributed by atoms with Crippen LogP contribution in [0.5, 0.6) is 0 Å². The predicted octanol–water partition coefficient (Wildman–Crippen LogP) is 2.20. The van der Waals surface area contributed by atoms with Gasteiger partial charge in [-0.05, 0) is 43.3 Å². The van der Waals surface area contributed by atoms with Crippen molar-refractivity contribution in [2.24, 2.45) is 5.92 Å². The highest BCUT2D eigenvalue weighted by Gasteiger charge is 2.28. The number of Topliss-reactive ketones (excluding diaryl/α,β-unsaturated/α-hetero) is 2. The molecule has 0 amide bonds. The summed E-state index contributed by atoms with van der Waals surface area (Å²) >= 11 is 0. The minimum atomic E-state index is 0.137. The summed E-state index contributed by atoms with van der Waals surface area (Å²) < 4.78 is 0. The summed E-state index contributed by atoms with van der Waals surface area (Å²) in [5.74, 6) is 0.735. The molecular formula is C12H14O2. The molecule has 0 spiro atoms. The largest absolute Gasteiger partial charge is 0.295 e. The zero-order valence-electron chi connectivity index (χ0n) is 8.38. The maximum atomic E-state index is 11.5. The van der Waals surface area contributed by atoms with E-state index in [1.54, 1.807) is 6.92 Å². The number of ketones is 2. The quantitative estimate of drug-likeness (QED) is 0.635. The van der Waals surface area contributed by atoms with Crippen LogP contribution >= 0.6 is 0 Å². The lowest BCUT2D eigenvalue weighted by Crippen LogP contribution is -2.22. The summed E-state index contributed by atoms with van der Waals surface area (Å²) in [6.45, 7) is 1.59. The van der Waals surface area contributed by atoms with Gasteiger partial charge in [-0.2, -0.15) is 0 Å². The Morgan fingerprint density at radius 2 is 2.21 bits per heavy atom. The van der Waals surface area contributed by atoms with Crippen LogP contribution in [-0.2, 0) is 9.59 Å². The Balaban J connectivity index is 2.27. The highest BCUT2D eigenvalue weighted by atomic mass is 16.1. The van der Waals surface area contributed by atoms with Crippen molar-refractivity contribution in [3.05, 3.63) is 23.3 Å². The van der Waals surface area contributed by atoms with E-state index >= 15 is 0 Å². The van der Waals surface area contributed by atoms with Crippen LogP contribution in [-0.4, -0.2) is 11.6 Å². The normalized spacial score (nSPS) is 26.4. The van der Waals surface area contributed by atoms with Gasteiger partial charge in [-0.3, -0.25) is 9.59 Å². The maximum absolute atomic E-state index is 11.5. The zero-order valence-corrected chi connectivity index (χ0v) is 8.38. The molecule has 0 heterocycles. The molecule has 2 nitrogen and oxygen atoms in total. The number of hydrogen-bond donors (Lipinski definition) is 0. The first-order valence-electron chi connectivity index (χ1n) is 5.13. The number of rotatable bonds is 1. The summed E-state index contributed by atoms with van der Waals surface area (Å²) in [5, 5.41) is 0. The molecule has 2 aliphatic rings. The molecule has 1 saturated carbocycles. The molecule has 0 saturated heterocycles. The van der Waals surface area contributed by atoms with Gasteiger partial charge in [0.2, 0.25) is 0 Å². The molecule has 1 fully saturated rings. The van der Waals surface area contributed by atoms with Gasteiger partial charge in [-0.1, -0.05) is 12.2 Å². The van der Waals surface area contributed by atoms with Gasteiger partial charge < -0.3 is 0 Å². The average molecular weight is 190 g/mol. The first-order valence-corrected chi connectivity index (χ1v) is 5.13. The lowest BCUT2D eigenvalue weighted by Gasteiger charge is -2.27. The van der Waals surface area contributed by atoms with Crippen molar-refractivity contribution in [3.63, 3.8) is 0 Å². The SMILES string of the molecule is CC(=O)C1=CC=C2C(=O)CCCC2C1. The summed E-state index contributed by atoms with van der Waals surface area (Å²) in [6, 6.07) is 0. The van der Waals surface area contributed by atoms with Crippen LogP contribution in [0.2, 0.25) is 0 Å². The van der Waals surface area contributed by atoms with E-state index in [9.17, 15) is 9.59 Å². The first-order chi connectivity index (χ1) is 6.68. The molecule has 14 heavy (non-hydrogen) atoms. The van der Waals surface area contributed by atoms with E-state index in [4.69, 9.17) is 0 Å². The Kier molecular flexibility index (Phi) is 2.36. The Bertz CT molecular complexity index is 347. The van der Waals surface area contributed by atoms with Crippen molar-refractivity contribution in [2.45, 2.75) is 32.6 Å². The Hall–Kier alpha value is -1.18. The Labute approximate surface area is 83.7 Å². The molecule has 2 heteroatoms. The second-order valence-electron chi connectivity index (χ2n) is 4.09. The molecule has 0 bridgehead atoms. The third-order valence-electron chi connectivity index (χ3n) is 3.10. The topological polar surface area (TPSA) is 34.1 Å². The second-order valence-corrected chi connectivity index (χ2v) is 4.09. The van der Waals surface area contributed by atoms with Crippen LogP contribution in [0.25, 0.3) is 0 Å². The molecule has 2 aliphatic carbocycles. The highest BCUT2D eigenvalue weighted by Crippen LogP contribution is 2.34. The summed E-state index contributed by atoms with van der Waals surface area (Å²) in [5.41, 5.74) is 1.81. The van der Waals surface area contributed by atoms with Crippen molar-refractivity contribution in [1.82, 2.24) is 0 Å². The van der Waals surface area contributed by atoms with E-state index in [2.05, 4.69) is 0 Å². The fraction of sp³-hybridized carbons (Fsp3) is 0.500. The fourth-order valence-corrected chi connectivity index (χ4v) is 2.26. The lowest BCUT2D eigenvalue weighted by atomic mass is 9.76. The van der Waals surface area contributed by atoms with Crippen LogP contribution < -0.4 is 0 Å². The van der Waals surface area contributed by atoms with Crippen molar-refractivity contribution >= 4 is 11.6 Å². The molecule has 0 N–H and O–H groups in total. The molecule has 1 atom stereocenters. The molecule has 0 aromatic heterocycles. The number of carbonyl (C=O) groups is 2. The van der Waals surface area contributed by atoms with Gasteiger partial charge in [0, 0.05) is 6.42 Å². The maximum Gasteiger partial charge on any atom is 0.159 e. The van der Waals surface area contributed by atoms with Crippen molar-refractivity contribution in [3.8, 4) is 0 Å². The molecule has 0 aromatic carbocycles. The van der Waals surface area contributed by atoms with Gasteiger partial charge in [0.05, 0.1) is 0 Å². The predicted molar refractivity (Wildman–Crippen MR) is 53.8 cm³/mol. The van der Waals surface area contributed by atoms with Gasteiger partial charge in [0.25, 0.3) is 0 Å². The van der Waals surface area contributed by atoms with Gasteiger partial charge in [0.15, 0.2) is 11.6 Å². The lowest BCUT2D eigenvalue weighted by molar-refractivity contribution is -0.117. The Morgan fingerprint density at radius 1 is 1.43 bits per heavy atom. The molecule has 74 valence electrons. The van der Waals surface area contributed by atoms with E-state index in [-0.39, 0.29) is 11.6 Å². The molecule has 0 radical (unpaired) electrons. The van der Waals surface area contributed by atoms with Gasteiger partial charge in [-0.25, -0.2) is 0 Å². The summed E-state index contributed by atoms with van der Waals surface area (Å²) in [6.07, 6.45) is 7.16. The second kappa shape index (κ2) is 3.52. The zero-order chi connectivity index (χ0) is 10.1. The Morgan fingerprint density at radius 3 is 2.93 bits per heavy atom. The number of hydrogen-bond acceptors (Lipinski definition) is 2. The van der Waals surface area contributed by atoms with Crippen molar-refractivity contribution < 1.29 is 9.59 Å². The molecule has 0 aromatic rings. The number of allylic oxidation sites excluding steroid dienone is 4. The van der Waals surface area contributed by atoms with Gasteiger partial charge in [-0.15, -0.1) is 0 Å². The molecule has 0 aliphatic heterocycles. The molecular weight excluding hydrogens is 176 g/mol. The summed E-state index contributed by atoms with van der Waals surface area (Å²) in [7, 11) is 0. The third-order valence-corrected chi connectivity index (χ3v) is 3.10. The molecule has 2 rings (SSSR count). The van der Waals surface area contributed by atoms with Crippen LogP contribution in [0.4, 0.5) is 0 Å². The standard InChI is InChI=1S/C12H14O2/c1-8(13)9-5-6-11-10(7-9)3-2-4-12(11)14/h5-6,10H,2-4,7H2,1H3. The molecule has 1 unspecified atom stereocenters. The minimum Gasteiger partial charge on any atom is -0.295 e. The van der Waals surface area contributed by atoms with E-state index in [1.807, 2.05) is 12.2 Å². The van der Waals surface area contributed by atoms with Crippen LogP contribution in [0.3, 0.4) is 0 Å². The highest BCUT2D eigenvalue weighted by molar-refractivity contribution is 5.99. The van der Waals surface area contributed by atoms with E-state index in [1.165, 1.54) is 0 Å². The fourth-order valence-electron chi connectivity index (χ4n) is 2.26.